The summed E-state index contributed by atoms with van der Waals surface area (Å²) in [5.74, 6) is 2.14. The lowest BCUT2D eigenvalue weighted by atomic mass is 10.0. The molecule has 7 heteroatoms. The smallest absolute Gasteiger partial charge is 0.132 e. The molecule has 0 spiro atoms. The van der Waals surface area contributed by atoms with Crippen LogP contribution in [0.5, 0.6) is 0 Å². The highest BCUT2D eigenvalue weighted by Crippen LogP contribution is 2.22. The number of allylic oxidation sites excluding steroid dienone is 5. The lowest BCUT2D eigenvalue weighted by molar-refractivity contribution is 0.806. The van der Waals surface area contributed by atoms with Crippen LogP contribution in [0.2, 0.25) is 0 Å². The summed E-state index contributed by atoms with van der Waals surface area (Å²) in [6.45, 7) is 5.99. The maximum atomic E-state index is 7.46. The van der Waals surface area contributed by atoms with Crippen LogP contribution in [0.25, 0.3) is 5.70 Å². The van der Waals surface area contributed by atoms with Gasteiger partial charge in [-0.25, -0.2) is 9.98 Å². The van der Waals surface area contributed by atoms with Gasteiger partial charge in [0.1, 0.15) is 17.5 Å². The zero-order valence-electron chi connectivity index (χ0n) is 15.1. The highest BCUT2D eigenvalue weighted by molar-refractivity contribution is 5.97. The fourth-order valence-corrected chi connectivity index (χ4v) is 2.65. The number of nitrogens with one attached hydrogen (secondary N) is 3. The molecule has 1 aromatic heterocycles. The second-order valence-electron chi connectivity index (χ2n) is 6.35. The van der Waals surface area contributed by atoms with Crippen LogP contribution in [0.3, 0.4) is 0 Å². The number of fused-ring (bicyclic) bond motifs is 1. The summed E-state index contributed by atoms with van der Waals surface area (Å²) in [7, 11) is 0. The van der Waals surface area contributed by atoms with Crippen LogP contribution in [0.1, 0.15) is 19.7 Å². The molecule has 5 N–H and O–H groups in total. The third-order valence-corrected chi connectivity index (χ3v) is 4.13. The molecule has 0 unspecified atom stereocenters. The zero-order chi connectivity index (χ0) is 18.7. The number of nitrogens with zero attached hydrogens (tertiary/aromatic N) is 3. The van der Waals surface area contributed by atoms with Crippen molar-refractivity contribution in [3.05, 3.63) is 71.5 Å². The number of aryl methyl sites for hydroxylation is 1. The van der Waals surface area contributed by atoms with E-state index in [2.05, 4.69) is 20.6 Å². The van der Waals surface area contributed by atoms with Crippen molar-refractivity contribution >= 4 is 17.7 Å². The Hall–Kier alpha value is -3.35. The molecule has 26 heavy (non-hydrogen) atoms. The first kappa shape index (κ1) is 17.5. The molecule has 3 rings (SSSR count). The molecule has 7 nitrogen and oxygen atoms in total. The van der Waals surface area contributed by atoms with Crippen molar-refractivity contribution in [1.82, 2.24) is 20.2 Å². The first-order chi connectivity index (χ1) is 12.5. The van der Waals surface area contributed by atoms with Crippen molar-refractivity contribution in [2.75, 3.05) is 0 Å². The molecule has 0 amide bonds. The molecule has 0 saturated heterocycles. The summed E-state index contributed by atoms with van der Waals surface area (Å²) in [6, 6.07) is 0. The predicted molar refractivity (Wildman–Crippen MR) is 105 cm³/mol. The summed E-state index contributed by atoms with van der Waals surface area (Å²) in [4.78, 5) is 8.67. The maximum absolute atomic E-state index is 7.46. The normalized spacial score (nSPS) is 17.4. The van der Waals surface area contributed by atoms with Crippen LogP contribution in [-0.4, -0.2) is 21.6 Å². The first-order valence-electron chi connectivity index (χ1n) is 8.42. The molecule has 0 saturated carbocycles. The second-order valence-corrected chi connectivity index (χ2v) is 6.35. The molecule has 0 atom stereocenters. The van der Waals surface area contributed by atoms with Gasteiger partial charge in [0.05, 0.1) is 17.1 Å². The molecular formula is C19H23N7. The number of dihydropyridines is 2. The van der Waals surface area contributed by atoms with Gasteiger partial charge in [-0.15, -0.1) is 0 Å². The zero-order valence-corrected chi connectivity index (χ0v) is 15.1. The third-order valence-electron chi connectivity index (χ3n) is 4.13. The SMILES string of the molecule is Cc1nccn1C1=CNC2=CC=C(N=C(N)C=C(C=N)C(C)C)NC2=C1. The van der Waals surface area contributed by atoms with Crippen LogP contribution in [0.4, 0.5) is 0 Å². The molecule has 3 heterocycles. The monoisotopic (exact) mass is 349 g/mol. The highest BCUT2D eigenvalue weighted by atomic mass is 15.1. The Kier molecular flexibility index (Phi) is 4.88. The lowest BCUT2D eigenvalue weighted by Crippen LogP contribution is -2.27. The molecule has 0 aromatic carbocycles. The summed E-state index contributed by atoms with van der Waals surface area (Å²) >= 11 is 0. The average molecular weight is 349 g/mol. The van der Waals surface area contributed by atoms with E-state index in [-0.39, 0.29) is 5.92 Å². The minimum atomic E-state index is 0.220. The topological polar surface area (TPSA) is 104 Å². The summed E-state index contributed by atoms with van der Waals surface area (Å²) < 4.78 is 2.00. The van der Waals surface area contributed by atoms with E-state index in [1.165, 1.54) is 6.21 Å². The van der Waals surface area contributed by atoms with Crippen molar-refractivity contribution in [3.63, 3.8) is 0 Å². The van der Waals surface area contributed by atoms with Crippen molar-refractivity contribution in [3.8, 4) is 0 Å². The van der Waals surface area contributed by atoms with Crippen LogP contribution >= 0.6 is 0 Å². The van der Waals surface area contributed by atoms with E-state index in [1.807, 2.05) is 56.0 Å². The van der Waals surface area contributed by atoms with Crippen molar-refractivity contribution in [2.24, 2.45) is 16.6 Å². The summed E-state index contributed by atoms with van der Waals surface area (Å²) in [5, 5.41) is 14.0. The van der Waals surface area contributed by atoms with Crippen molar-refractivity contribution in [1.29, 1.82) is 5.41 Å². The van der Waals surface area contributed by atoms with Gasteiger partial charge in [0.15, 0.2) is 0 Å². The molecular weight excluding hydrogens is 326 g/mol. The first-order valence-corrected chi connectivity index (χ1v) is 8.42. The Morgan fingerprint density at radius 3 is 2.81 bits per heavy atom. The van der Waals surface area contributed by atoms with Gasteiger partial charge in [-0.1, -0.05) is 13.8 Å². The van der Waals surface area contributed by atoms with E-state index < -0.39 is 0 Å². The number of amidine groups is 1. The number of rotatable bonds is 5. The van der Waals surface area contributed by atoms with Crippen LogP contribution < -0.4 is 16.4 Å². The fourth-order valence-electron chi connectivity index (χ4n) is 2.65. The van der Waals surface area contributed by atoms with E-state index in [4.69, 9.17) is 11.1 Å². The maximum Gasteiger partial charge on any atom is 0.132 e. The molecule has 2 aliphatic heterocycles. The minimum Gasteiger partial charge on any atom is -0.384 e. The van der Waals surface area contributed by atoms with Gasteiger partial charge in [0.25, 0.3) is 0 Å². The Morgan fingerprint density at radius 2 is 2.15 bits per heavy atom. The van der Waals surface area contributed by atoms with Crippen LogP contribution in [0.15, 0.2) is 70.7 Å². The quantitative estimate of drug-likeness (QED) is 0.484. The number of aromatic nitrogens is 2. The molecule has 0 bridgehead atoms. The number of hydrogen-bond donors (Lipinski definition) is 4. The Morgan fingerprint density at radius 1 is 1.35 bits per heavy atom. The van der Waals surface area contributed by atoms with Gasteiger partial charge in [0.2, 0.25) is 0 Å². The standard InChI is InChI=1S/C19H23N7/c1-12(2)14(10-20)8-18(21)25-19-5-4-16-17(24-19)9-15(11-23-16)26-7-6-22-13(26)3/h4-12,20,23-24H,1-3H3,(H2,21,25). The number of nitrogens with two attached hydrogens (primary N) is 1. The minimum absolute atomic E-state index is 0.220. The van der Waals surface area contributed by atoms with Gasteiger partial charge < -0.3 is 26.3 Å². The van der Waals surface area contributed by atoms with Crippen molar-refractivity contribution in [2.45, 2.75) is 20.8 Å². The number of hydrogen-bond acceptors (Lipinski definition) is 5. The fraction of sp³-hybridized carbons (Fsp3) is 0.211. The average Bonchev–Trinajstić information content (AvgIpc) is 3.04. The van der Waals surface area contributed by atoms with Crippen LogP contribution in [-0.2, 0) is 0 Å². The van der Waals surface area contributed by atoms with Gasteiger partial charge in [0, 0.05) is 24.8 Å². The molecule has 0 fully saturated rings. The molecule has 134 valence electrons. The molecule has 2 aliphatic rings. The summed E-state index contributed by atoms with van der Waals surface area (Å²) in [5.41, 5.74) is 9.70. The van der Waals surface area contributed by atoms with E-state index in [9.17, 15) is 0 Å². The van der Waals surface area contributed by atoms with Gasteiger partial charge in [-0.05, 0) is 42.7 Å². The van der Waals surface area contributed by atoms with Crippen LogP contribution in [0, 0.1) is 18.3 Å². The molecule has 0 radical (unpaired) electrons. The van der Waals surface area contributed by atoms with Gasteiger partial charge in [-0.2, -0.15) is 0 Å². The molecule has 0 aliphatic carbocycles. The van der Waals surface area contributed by atoms with E-state index in [1.54, 1.807) is 12.3 Å². The Labute approximate surface area is 152 Å². The molecule has 1 aromatic rings. The number of imidazole rings is 1. The Balaban J connectivity index is 1.82. The largest absolute Gasteiger partial charge is 0.384 e. The Bertz CT molecular complexity index is 904. The van der Waals surface area contributed by atoms with Crippen molar-refractivity contribution < 1.29 is 0 Å². The number of aliphatic imine (C=N–C) groups is 1. The van der Waals surface area contributed by atoms with E-state index >= 15 is 0 Å². The third kappa shape index (κ3) is 3.66. The van der Waals surface area contributed by atoms with E-state index in [0.29, 0.717) is 11.7 Å². The van der Waals surface area contributed by atoms with Gasteiger partial charge >= 0.3 is 0 Å². The lowest BCUT2D eigenvalue weighted by Gasteiger charge is -2.23. The summed E-state index contributed by atoms with van der Waals surface area (Å²) in [6.07, 6.45) is 14.5. The predicted octanol–water partition coefficient (Wildman–Crippen LogP) is 2.39. The second kappa shape index (κ2) is 7.26. The van der Waals surface area contributed by atoms with E-state index in [0.717, 1.165) is 28.5 Å². The highest BCUT2D eigenvalue weighted by Gasteiger charge is 2.16. The van der Waals surface area contributed by atoms with Gasteiger partial charge in [-0.3, -0.25) is 0 Å².